The van der Waals surface area contributed by atoms with E-state index in [0.29, 0.717) is 0 Å². The van der Waals surface area contributed by atoms with Crippen LogP contribution >= 0.6 is 25.4 Å². The summed E-state index contributed by atoms with van der Waals surface area (Å²) in [7, 11) is -1.26. The minimum absolute atomic E-state index is 0.0818. The zero-order chi connectivity index (χ0) is 8.97. The quantitative estimate of drug-likeness (QED) is 0.643. The molecule has 60 valence electrons. The highest BCUT2D eigenvalue weighted by atomic mass is 31.1. The molecule has 0 amide bonds. The van der Waals surface area contributed by atoms with E-state index in [4.69, 9.17) is 0 Å². The number of hydrogen-bond acceptors (Lipinski definition) is 6. The Labute approximate surface area is 71.4 Å². The zero-order valence-electron chi connectivity index (χ0n) is 5.41. The Bertz CT molecular complexity index is 278. The molecule has 0 unspecified atom stereocenters. The van der Waals surface area contributed by atoms with Crippen LogP contribution in [-0.2, 0) is 13.7 Å². The Kier molecular flexibility index (Phi) is 3.42. The van der Waals surface area contributed by atoms with Gasteiger partial charge in [0, 0.05) is 0 Å². The lowest BCUT2D eigenvalue weighted by molar-refractivity contribution is 0.601. The summed E-state index contributed by atoms with van der Waals surface area (Å²) < 4.78 is 30.8. The summed E-state index contributed by atoms with van der Waals surface area (Å²) in [5.74, 6) is 0. The standard InChI is InChI=1S/C3N3O3P3/c7-10-1-4-2(11-8)6-3(5-1)12-9. The maximum atomic E-state index is 10.3. The molecule has 0 aliphatic heterocycles. The van der Waals surface area contributed by atoms with Crippen LogP contribution in [0.3, 0.4) is 0 Å². The summed E-state index contributed by atoms with van der Waals surface area (Å²) in [6.45, 7) is 0. The van der Waals surface area contributed by atoms with Gasteiger partial charge in [-0.15, -0.1) is 0 Å². The normalized spacial score (nSPS) is 11.0. The molecule has 1 aromatic heterocycles. The third-order valence-corrected chi connectivity index (χ3v) is 1.93. The first kappa shape index (κ1) is 9.40. The molecule has 0 aromatic carbocycles. The first-order valence-electron chi connectivity index (χ1n) is 2.56. The number of nitrogens with zero attached hydrogens (tertiary/aromatic N) is 3. The maximum absolute atomic E-state index is 10.3. The molecule has 0 bridgehead atoms. The Morgan fingerprint density at radius 1 is 0.667 bits per heavy atom. The number of aromatic nitrogens is 3. The average molecular weight is 219 g/mol. The van der Waals surface area contributed by atoms with Gasteiger partial charge in [-0.05, 0) is 0 Å². The predicted octanol–water partition coefficient (Wildman–Crippen LogP) is -0.377. The SMILES string of the molecule is O=Pc1nc(P=O)nc(P=O)n1. The lowest BCUT2D eigenvalue weighted by Gasteiger charge is -1.89. The fraction of sp³-hybridized carbons (Fsp3) is 0. The lowest BCUT2D eigenvalue weighted by Crippen LogP contribution is -2.26. The Hall–Kier alpha value is -0.690. The van der Waals surface area contributed by atoms with Crippen molar-refractivity contribution in [1.29, 1.82) is 0 Å². The molecule has 1 heterocycles. The molecule has 0 atom stereocenters. The van der Waals surface area contributed by atoms with Gasteiger partial charge in [0.05, 0.1) is 0 Å². The minimum Gasteiger partial charge on any atom is -0.266 e. The lowest BCUT2D eigenvalue weighted by atomic mass is 11.1. The Balaban J connectivity index is 3.26. The van der Waals surface area contributed by atoms with Gasteiger partial charge in [-0.3, -0.25) is 13.7 Å². The topological polar surface area (TPSA) is 89.9 Å². The Morgan fingerprint density at radius 2 is 0.917 bits per heavy atom. The van der Waals surface area contributed by atoms with Crippen molar-refractivity contribution in [1.82, 2.24) is 15.0 Å². The van der Waals surface area contributed by atoms with Crippen LogP contribution in [0.5, 0.6) is 0 Å². The van der Waals surface area contributed by atoms with E-state index in [1.54, 1.807) is 0 Å². The fourth-order valence-electron chi connectivity index (χ4n) is 0.466. The van der Waals surface area contributed by atoms with Gasteiger partial charge in [-0.2, -0.15) is 15.0 Å². The smallest absolute Gasteiger partial charge is 0.234 e. The van der Waals surface area contributed by atoms with Crippen molar-refractivity contribution in [3.63, 3.8) is 0 Å². The second kappa shape index (κ2) is 4.36. The van der Waals surface area contributed by atoms with E-state index in [2.05, 4.69) is 15.0 Å². The van der Waals surface area contributed by atoms with Crippen molar-refractivity contribution >= 4 is 42.1 Å². The number of rotatable bonds is 3. The van der Waals surface area contributed by atoms with Gasteiger partial charge in [0.25, 0.3) is 0 Å². The molecule has 0 aliphatic rings. The molecule has 0 radical (unpaired) electrons. The largest absolute Gasteiger partial charge is 0.266 e. The third-order valence-electron chi connectivity index (χ3n) is 0.845. The summed E-state index contributed by atoms with van der Waals surface area (Å²) >= 11 is 0. The van der Waals surface area contributed by atoms with Crippen LogP contribution in [-0.4, -0.2) is 15.0 Å². The van der Waals surface area contributed by atoms with E-state index in [1.807, 2.05) is 0 Å². The fourth-order valence-corrected chi connectivity index (χ4v) is 1.52. The van der Waals surface area contributed by atoms with Crippen molar-refractivity contribution in [2.75, 3.05) is 0 Å². The second-order valence-corrected chi connectivity index (χ2v) is 3.26. The molecule has 0 fully saturated rings. The summed E-state index contributed by atoms with van der Waals surface area (Å²) in [6.07, 6.45) is 0. The molecule has 6 nitrogen and oxygen atoms in total. The van der Waals surface area contributed by atoms with Crippen molar-refractivity contribution < 1.29 is 13.7 Å². The van der Waals surface area contributed by atoms with Gasteiger partial charge in [0.2, 0.25) is 42.1 Å². The highest BCUT2D eigenvalue weighted by Crippen LogP contribution is 1.91. The van der Waals surface area contributed by atoms with Crippen LogP contribution < -0.4 is 16.7 Å². The molecule has 0 spiro atoms. The summed E-state index contributed by atoms with van der Waals surface area (Å²) in [5, 5.41) is 0. The monoisotopic (exact) mass is 219 g/mol. The van der Waals surface area contributed by atoms with E-state index in [-0.39, 0.29) is 16.7 Å². The molecule has 0 saturated heterocycles. The van der Waals surface area contributed by atoms with Gasteiger partial charge < -0.3 is 0 Å². The highest BCUT2D eigenvalue weighted by molar-refractivity contribution is 7.36. The van der Waals surface area contributed by atoms with E-state index in [1.165, 1.54) is 0 Å². The van der Waals surface area contributed by atoms with E-state index >= 15 is 0 Å². The maximum Gasteiger partial charge on any atom is 0.234 e. The summed E-state index contributed by atoms with van der Waals surface area (Å²) in [6, 6.07) is 0. The molecular formula is C3N3O3P3. The molecule has 1 aromatic rings. The van der Waals surface area contributed by atoms with Crippen molar-refractivity contribution in [2.45, 2.75) is 0 Å². The molecule has 1 rings (SSSR count). The predicted molar refractivity (Wildman–Crippen MR) is 41.5 cm³/mol. The molecule has 9 heteroatoms. The van der Waals surface area contributed by atoms with Gasteiger partial charge in [0.15, 0.2) is 0 Å². The molecule has 0 N–H and O–H groups in total. The minimum atomic E-state index is -0.421. The highest BCUT2D eigenvalue weighted by Gasteiger charge is 2.05. The summed E-state index contributed by atoms with van der Waals surface area (Å²) in [4.78, 5) is 10.5. The van der Waals surface area contributed by atoms with E-state index < -0.39 is 25.4 Å². The molecule has 12 heavy (non-hydrogen) atoms. The van der Waals surface area contributed by atoms with Gasteiger partial charge in [0.1, 0.15) is 0 Å². The van der Waals surface area contributed by atoms with Crippen LogP contribution in [0, 0.1) is 0 Å². The third kappa shape index (κ3) is 2.15. The molecule has 0 aliphatic carbocycles. The second-order valence-electron chi connectivity index (χ2n) is 1.51. The van der Waals surface area contributed by atoms with E-state index in [9.17, 15) is 13.7 Å². The summed E-state index contributed by atoms with van der Waals surface area (Å²) in [5.41, 5.74) is -0.245. The number of hydrogen-bond donors (Lipinski definition) is 0. The first-order valence-corrected chi connectivity index (χ1v) is 5.00. The van der Waals surface area contributed by atoms with Gasteiger partial charge in [-0.1, -0.05) is 0 Å². The van der Waals surface area contributed by atoms with Crippen LogP contribution in [0.1, 0.15) is 0 Å². The Morgan fingerprint density at radius 3 is 1.08 bits per heavy atom. The van der Waals surface area contributed by atoms with Crippen LogP contribution in [0.4, 0.5) is 0 Å². The molecular weight excluding hydrogens is 219 g/mol. The van der Waals surface area contributed by atoms with Crippen LogP contribution in [0.15, 0.2) is 0 Å². The van der Waals surface area contributed by atoms with Gasteiger partial charge >= 0.3 is 0 Å². The molecule has 0 saturated carbocycles. The van der Waals surface area contributed by atoms with Crippen LogP contribution in [0.25, 0.3) is 0 Å². The van der Waals surface area contributed by atoms with Crippen molar-refractivity contribution in [3.05, 3.63) is 0 Å². The first-order chi connectivity index (χ1) is 5.80. The van der Waals surface area contributed by atoms with E-state index in [0.717, 1.165) is 0 Å². The zero-order valence-corrected chi connectivity index (χ0v) is 8.09. The van der Waals surface area contributed by atoms with Crippen molar-refractivity contribution in [3.8, 4) is 0 Å². The van der Waals surface area contributed by atoms with Gasteiger partial charge in [-0.25, -0.2) is 0 Å². The average Bonchev–Trinajstić information content (AvgIpc) is 2.16. The van der Waals surface area contributed by atoms with Crippen LogP contribution in [0.2, 0.25) is 0 Å². The van der Waals surface area contributed by atoms with Crippen molar-refractivity contribution in [2.24, 2.45) is 0 Å².